The standard InChI is InChI=1S/C18H17F2N3O4/c1-18(14-6-3-9-27-14)16(25)23(17(26)22-18)10-15(24)21-8-7-11-12(19)4-2-5-13(11)20/h2-6,9H,7-8,10H2,1H3,(H,21,24)(H,22,26). The number of hydrogen-bond donors (Lipinski definition) is 2. The zero-order chi connectivity index (χ0) is 19.6. The van der Waals surface area contributed by atoms with E-state index in [4.69, 9.17) is 4.42 Å². The molecule has 9 heteroatoms. The second-order valence-electron chi connectivity index (χ2n) is 6.22. The highest BCUT2D eigenvalue weighted by Crippen LogP contribution is 2.28. The summed E-state index contributed by atoms with van der Waals surface area (Å²) < 4.78 is 32.3. The first kappa shape index (κ1) is 18.6. The Balaban J connectivity index is 1.58. The monoisotopic (exact) mass is 377 g/mol. The quantitative estimate of drug-likeness (QED) is 0.750. The van der Waals surface area contributed by atoms with Gasteiger partial charge in [0.15, 0.2) is 5.54 Å². The van der Waals surface area contributed by atoms with Crippen molar-refractivity contribution in [2.75, 3.05) is 13.1 Å². The molecule has 142 valence electrons. The summed E-state index contributed by atoms with van der Waals surface area (Å²) in [5.74, 6) is -2.41. The maximum absolute atomic E-state index is 13.6. The Morgan fingerprint density at radius 1 is 1.22 bits per heavy atom. The maximum atomic E-state index is 13.6. The average molecular weight is 377 g/mol. The van der Waals surface area contributed by atoms with Crippen LogP contribution < -0.4 is 10.6 Å². The molecule has 3 rings (SSSR count). The van der Waals surface area contributed by atoms with E-state index in [-0.39, 0.29) is 24.3 Å². The summed E-state index contributed by atoms with van der Waals surface area (Å²) in [4.78, 5) is 37.5. The molecule has 1 aromatic heterocycles. The third-order valence-electron chi connectivity index (χ3n) is 4.35. The summed E-state index contributed by atoms with van der Waals surface area (Å²) in [5, 5.41) is 4.95. The Kier molecular flexibility index (Phi) is 4.93. The van der Waals surface area contributed by atoms with E-state index < -0.39 is 41.6 Å². The Labute approximate surface area is 153 Å². The van der Waals surface area contributed by atoms with Crippen molar-refractivity contribution in [3.8, 4) is 0 Å². The highest BCUT2D eigenvalue weighted by Gasteiger charge is 2.51. The molecule has 1 atom stereocenters. The molecule has 1 aromatic carbocycles. The number of benzene rings is 1. The number of halogens is 2. The molecule has 1 fully saturated rings. The smallest absolute Gasteiger partial charge is 0.325 e. The first-order valence-electron chi connectivity index (χ1n) is 8.20. The molecule has 2 N–H and O–H groups in total. The van der Waals surface area contributed by atoms with E-state index in [1.807, 2.05) is 0 Å². The van der Waals surface area contributed by atoms with Gasteiger partial charge in [-0.25, -0.2) is 13.6 Å². The van der Waals surface area contributed by atoms with Gasteiger partial charge in [-0.3, -0.25) is 14.5 Å². The van der Waals surface area contributed by atoms with Gasteiger partial charge in [0.1, 0.15) is 23.9 Å². The van der Waals surface area contributed by atoms with Gasteiger partial charge >= 0.3 is 6.03 Å². The lowest BCUT2D eigenvalue weighted by molar-refractivity contribution is -0.135. The van der Waals surface area contributed by atoms with Gasteiger partial charge in [0.05, 0.1) is 6.26 Å². The largest absolute Gasteiger partial charge is 0.466 e. The van der Waals surface area contributed by atoms with E-state index in [9.17, 15) is 23.2 Å². The number of rotatable bonds is 6. The van der Waals surface area contributed by atoms with Crippen LogP contribution in [0.15, 0.2) is 41.0 Å². The molecule has 4 amide bonds. The summed E-state index contributed by atoms with van der Waals surface area (Å²) in [6.07, 6.45) is 1.31. The van der Waals surface area contributed by atoms with Crippen LogP contribution >= 0.6 is 0 Å². The molecule has 7 nitrogen and oxygen atoms in total. The van der Waals surface area contributed by atoms with Crippen molar-refractivity contribution in [2.24, 2.45) is 0 Å². The fourth-order valence-electron chi connectivity index (χ4n) is 2.87. The highest BCUT2D eigenvalue weighted by atomic mass is 19.1. The molecule has 0 bridgehead atoms. The number of carbonyl (C=O) groups excluding carboxylic acids is 3. The summed E-state index contributed by atoms with van der Waals surface area (Å²) in [6, 6.07) is 5.91. The second-order valence-corrected chi connectivity index (χ2v) is 6.22. The van der Waals surface area contributed by atoms with E-state index >= 15 is 0 Å². The van der Waals surface area contributed by atoms with Gasteiger partial charge in [-0.05, 0) is 37.6 Å². The van der Waals surface area contributed by atoms with Gasteiger partial charge in [-0.15, -0.1) is 0 Å². The fraction of sp³-hybridized carbons (Fsp3) is 0.278. The zero-order valence-electron chi connectivity index (χ0n) is 14.4. The molecular weight excluding hydrogens is 360 g/mol. The van der Waals surface area contributed by atoms with Crippen LogP contribution in [0.1, 0.15) is 18.2 Å². The number of urea groups is 1. The average Bonchev–Trinajstić information content (AvgIpc) is 3.22. The molecule has 2 heterocycles. The molecular formula is C18H17F2N3O4. The second kappa shape index (κ2) is 7.18. The van der Waals surface area contributed by atoms with E-state index in [1.54, 1.807) is 12.1 Å². The van der Waals surface area contributed by atoms with Gasteiger partial charge < -0.3 is 15.1 Å². The lowest BCUT2D eigenvalue weighted by atomic mass is 9.99. The van der Waals surface area contributed by atoms with Crippen molar-refractivity contribution in [1.82, 2.24) is 15.5 Å². The Bertz CT molecular complexity index is 864. The third-order valence-corrected chi connectivity index (χ3v) is 4.35. The predicted octanol–water partition coefficient (Wildman–Crippen LogP) is 1.68. The van der Waals surface area contributed by atoms with Crippen LogP contribution in [0.2, 0.25) is 0 Å². The summed E-state index contributed by atoms with van der Waals surface area (Å²) in [5.41, 5.74) is -1.53. The van der Waals surface area contributed by atoms with E-state index in [1.165, 1.54) is 19.3 Å². The first-order valence-corrected chi connectivity index (χ1v) is 8.20. The molecule has 0 spiro atoms. The van der Waals surface area contributed by atoms with Crippen LogP contribution in [0.25, 0.3) is 0 Å². The molecule has 27 heavy (non-hydrogen) atoms. The minimum Gasteiger partial charge on any atom is -0.466 e. The van der Waals surface area contributed by atoms with E-state index in [0.29, 0.717) is 0 Å². The number of furan rings is 1. The summed E-state index contributed by atoms with van der Waals surface area (Å²) in [6.45, 7) is 0.918. The zero-order valence-corrected chi connectivity index (χ0v) is 14.4. The Hall–Kier alpha value is -3.23. The number of imide groups is 1. The summed E-state index contributed by atoms with van der Waals surface area (Å²) in [7, 11) is 0. The van der Waals surface area contributed by atoms with Gasteiger partial charge in [0.25, 0.3) is 5.91 Å². The highest BCUT2D eigenvalue weighted by molar-refractivity contribution is 6.08. The van der Waals surface area contributed by atoms with Crippen molar-refractivity contribution in [3.63, 3.8) is 0 Å². The molecule has 0 saturated carbocycles. The Morgan fingerprint density at radius 2 is 1.93 bits per heavy atom. The minimum absolute atomic E-state index is 0.0458. The molecule has 1 unspecified atom stereocenters. The van der Waals surface area contributed by atoms with E-state index in [0.717, 1.165) is 17.0 Å². The van der Waals surface area contributed by atoms with Crippen molar-refractivity contribution < 1.29 is 27.6 Å². The third kappa shape index (κ3) is 3.53. The first-order chi connectivity index (χ1) is 12.8. The van der Waals surface area contributed by atoms with Crippen molar-refractivity contribution >= 4 is 17.8 Å². The lowest BCUT2D eigenvalue weighted by Crippen LogP contribution is -2.43. The van der Waals surface area contributed by atoms with Crippen molar-refractivity contribution in [1.29, 1.82) is 0 Å². The number of nitrogens with zero attached hydrogens (tertiary/aromatic N) is 1. The van der Waals surface area contributed by atoms with Gasteiger partial charge in [0.2, 0.25) is 5.91 Å². The lowest BCUT2D eigenvalue weighted by Gasteiger charge is -2.18. The van der Waals surface area contributed by atoms with Crippen molar-refractivity contribution in [2.45, 2.75) is 18.9 Å². The molecule has 1 aliphatic heterocycles. The predicted molar refractivity (Wildman–Crippen MR) is 89.4 cm³/mol. The normalized spacial score (nSPS) is 19.3. The van der Waals surface area contributed by atoms with Gasteiger partial charge in [-0.2, -0.15) is 0 Å². The minimum atomic E-state index is -1.39. The Morgan fingerprint density at radius 3 is 2.56 bits per heavy atom. The molecule has 1 aliphatic rings. The summed E-state index contributed by atoms with van der Waals surface area (Å²) >= 11 is 0. The molecule has 0 radical (unpaired) electrons. The molecule has 2 aromatic rings. The van der Waals surface area contributed by atoms with Gasteiger partial charge in [0, 0.05) is 12.1 Å². The van der Waals surface area contributed by atoms with Crippen LogP contribution in [0.4, 0.5) is 13.6 Å². The molecule has 0 aliphatic carbocycles. The van der Waals surface area contributed by atoms with Crippen LogP contribution in [-0.2, 0) is 21.5 Å². The SMILES string of the molecule is CC1(c2ccco2)NC(=O)N(CC(=O)NCCc2c(F)cccc2F)C1=O. The number of hydrogen-bond acceptors (Lipinski definition) is 4. The van der Waals surface area contributed by atoms with Crippen LogP contribution in [0.5, 0.6) is 0 Å². The molecule has 1 saturated heterocycles. The van der Waals surface area contributed by atoms with Crippen LogP contribution in [-0.4, -0.2) is 35.8 Å². The van der Waals surface area contributed by atoms with Crippen LogP contribution in [0, 0.1) is 11.6 Å². The maximum Gasteiger partial charge on any atom is 0.325 e. The van der Waals surface area contributed by atoms with Crippen LogP contribution in [0.3, 0.4) is 0 Å². The number of nitrogens with one attached hydrogen (secondary N) is 2. The fourth-order valence-corrected chi connectivity index (χ4v) is 2.87. The number of amides is 4. The topological polar surface area (TPSA) is 91.7 Å². The van der Waals surface area contributed by atoms with Crippen molar-refractivity contribution in [3.05, 3.63) is 59.6 Å². The number of carbonyl (C=O) groups is 3. The van der Waals surface area contributed by atoms with E-state index in [2.05, 4.69) is 10.6 Å². The van der Waals surface area contributed by atoms with Gasteiger partial charge in [-0.1, -0.05) is 6.07 Å².